The maximum absolute atomic E-state index is 5.85. The molecule has 3 atom stereocenters. The second-order valence-corrected chi connectivity index (χ2v) is 5.56. The summed E-state index contributed by atoms with van der Waals surface area (Å²) in [5, 5.41) is 8.04. The van der Waals surface area contributed by atoms with Crippen molar-refractivity contribution in [3.05, 3.63) is 18.0 Å². The lowest BCUT2D eigenvalue weighted by Crippen LogP contribution is -2.21. The molecule has 1 aromatic heterocycles. The second kappa shape index (κ2) is 7.06. The van der Waals surface area contributed by atoms with Gasteiger partial charge in [0.25, 0.3) is 0 Å². The molecule has 0 aromatic carbocycles. The lowest BCUT2D eigenvalue weighted by Gasteiger charge is -2.14. The van der Waals surface area contributed by atoms with Crippen LogP contribution in [0.2, 0.25) is 0 Å². The van der Waals surface area contributed by atoms with Crippen LogP contribution in [0.1, 0.15) is 58.1 Å². The van der Waals surface area contributed by atoms with E-state index in [1.165, 1.54) is 18.4 Å². The number of ether oxygens (including phenoxy) is 1. The molecule has 0 bridgehead atoms. The van der Waals surface area contributed by atoms with Crippen molar-refractivity contribution < 1.29 is 4.74 Å². The van der Waals surface area contributed by atoms with Crippen molar-refractivity contribution in [2.24, 2.45) is 0 Å². The first-order valence-corrected chi connectivity index (χ1v) is 7.64. The Morgan fingerprint density at radius 1 is 1.47 bits per heavy atom. The molecular formula is C15H27N3O. The molecule has 4 nitrogen and oxygen atoms in total. The van der Waals surface area contributed by atoms with Crippen molar-refractivity contribution in [3.8, 4) is 0 Å². The Labute approximate surface area is 116 Å². The first-order chi connectivity index (χ1) is 9.22. The number of rotatable bonds is 7. The van der Waals surface area contributed by atoms with Gasteiger partial charge in [-0.05, 0) is 39.2 Å². The summed E-state index contributed by atoms with van der Waals surface area (Å²) in [7, 11) is 0. The molecule has 0 amide bonds. The van der Waals surface area contributed by atoms with Crippen LogP contribution in [-0.2, 0) is 11.3 Å². The van der Waals surface area contributed by atoms with Gasteiger partial charge in [0.15, 0.2) is 0 Å². The summed E-state index contributed by atoms with van der Waals surface area (Å²) in [6, 6.07) is 0.428. The highest BCUT2D eigenvalue weighted by molar-refractivity contribution is 5.10. The molecule has 1 aliphatic rings. The predicted molar refractivity (Wildman–Crippen MR) is 77.1 cm³/mol. The van der Waals surface area contributed by atoms with Gasteiger partial charge in [0, 0.05) is 17.8 Å². The normalized spacial score (nSPS) is 24.8. The van der Waals surface area contributed by atoms with Gasteiger partial charge in [-0.3, -0.25) is 4.68 Å². The fourth-order valence-corrected chi connectivity index (χ4v) is 2.70. The quantitative estimate of drug-likeness (QED) is 0.824. The maximum atomic E-state index is 5.85. The van der Waals surface area contributed by atoms with E-state index in [2.05, 4.69) is 37.4 Å². The molecule has 0 saturated carbocycles. The molecule has 2 rings (SSSR count). The molecule has 1 aromatic rings. The summed E-state index contributed by atoms with van der Waals surface area (Å²) in [5.74, 6) is 0. The Morgan fingerprint density at radius 2 is 2.32 bits per heavy atom. The Morgan fingerprint density at radius 3 is 2.95 bits per heavy atom. The largest absolute Gasteiger partial charge is 0.373 e. The van der Waals surface area contributed by atoms with Crippen LogP contribution >= 0.6 is 0 Å². The van der Waals surface area contributed by atoms with Crippen LogP contribution < -0.4 is 5.32 Å². The molecule has 1 N–H and O–H groups in total. The summed E-state index contributed by atoms with van der Waals surface area (Å²) in [4.78, 5) is 0. The van der Waals surface area contributed by atoms with E-state index in [1.807, 2.05) is 10.9 Å². The molecule has 1 aliphatic heterocycles. The maximum Gasteiger partial charge on any atom is 0.0775 e. The standard InChI is InChI=1S/C15H27N3O/c1-4-8-16-15(5-2)13-9-17-18(10-13)11-14-7-6-12(3)19-14/h9-10,12,14-16H,4-8,11H2,1-3H3. The molecular weight excluding hydrogens is 238 g/mol. The lowest BCUT2D eigenvalue weighted by molar-refractivity contribution is 0.0437. The van der Waals surface area contributed by atoms with Crippen LogP contribution in [0, 0.1) is 0 Å². The van der Waals surface area contributed by atoms with E-state index in [1.54, 1.807) is 0 Å². The van der Waals surface area contributed by atoms with Crippen molar-refractivity contribution in [2.75, 3.05) is 6.54 Å². The summed E-state index contributed by atoms with van der Waals surface area (Å²) in [5.41, 5.74) is 1.29. The zero-order chi connectivity index (χ0) is 13.7. The van der Waals surface area contributed by atoms with Gasteiger partial charge < -0.3 is 10.1 Å². The van der Waals surface area contributed by atoms with E-state index in [0.717, 1.165) is 25.9 Å². The van der Waals surface area contributed by atoms with Crippen LogP contribution in [0.15, 0.2) is 12.4 Å². The molecule has 0 radical (unpaired) electrons. The SMILES string of the molecule is CCCNC(CC)c1cnn(CC2CCC(C)O2)c1. The van der Waals surface area contributed by atoms with E-state index in [-0.39, 0.29) is 0 Å². The third-order valence-electron chi connectivity index (χ3n) is 3.82. The first-order valence-electron chi connectivity index (χ1n) is 7.64. The number of hydrogen-bond acceptors (Lipinski definition) is 3. The molecule has 108 valence electrons. The summed E-state index contributed by atoms with van der Waals surface area (Å²) in [6.07, 6.45) is 9.51. The Balaban J connectivity index is 1.90. The van der Waals surface area contributed by atoms with Gasteiger partial charge in [0.1, 0.15) is 0 Å². The molecule has 4 heteroatoms. The molecule has 2 heterocycles. The molecule has 0 spiro atoms. The van der Waals surface area contributed by atoms with Gasteiger partial charge in [0.05, 0.1) is 24.9 Å². The minimum atomic E-state index is 0.339. The van der Waals surface area contributed by atoms with Gasteiger partial charge in [-0.1, -0.05) is 13.8 Å². The molecule has 3 unspecified atom stereocenters. The monoisotopic (exact) mass is 265 g/mol. The van der Waals surface area contributed by atoms with Gasteiger partial charge in [0.2, 0.25) is 0 Å². The molecule has 0 aliphatic carbocycles. The molecule has 1 fully saturated rings. The minimum absolute atomic E-state index is 0.339. The van der Waals surface area contributed by atoms with Crippen LogP contribution in [-0.4, -0.2) is 28.5 Å². The van der Waals surface area contributed by atoms with Crippen LogP contribution in [0.25, 0.3) is 0 Å². The summed E-state index contributed by atoms with van der Waals surface area (Å²) >= 11 is 0. The number of hydrogen-bond donors (Lipinski definition) is 1. The third kappa shape index (κ3) is 4.05. The average Bonchev–Trinajstić information content (AvgIpc) is 3.01. The first kappa shape index (κ1) is 14.5. The van der Waals surface area contributed by atoms with Crippen molar-refractivity contribution >= 4 is 0 Å². The third-order valence-corrected chi connectivity index (χ3v) is 3.82. The van der Waals surface area contributed by atoms with Crippen molar-refractivity contribution in [1.29, 1.82) is 0 Å². The van der Waals surface area contributed by atoms with Crippen molar-refractivity contribution in [3.63, 3.8) is 0 Å². The Bertz CT molecular complexity index is 377. The van der Waals surface area contributed by atoms with E-state index in [4.69, 9.17) is 4.74 Å². The zero-order valence-electron chi connectivity index (χ0n) is 12.4. The van der Waals surface area contributed by atoms with Gasteiger partial charge in [-0.2, -0.15) is 5.10 Å². The fraction of sp³-hybridized carbons (Fsp3) is 0.800. The lowest BCUT2D eigenvalue weighted by atomic mass is 10.1. The number of nitrogens with zero attached hydrogens (tertiary/aromatic N) is 2. The van der Waals surface area contributed by atoms with E-state index >= 15 is 0 Å². The Hall–Kier alpha value is -0.870. The van der Waals surface area contributed by atoms with Crippen molar-refractivity contribution in [2.45, 2.75) is 71.2 Å². The number of aromatic nitrogens is 2. The predicted octanol–water partition coefficient (Wildman–Crippen LogP) is 2.90. The average molecular weight is 265 g/mol. The summed E-state index contributed by atoms with van der Waals surface area (Å²) in [6.45, 7) is 8.51. The van der Waals surface area contributed by atoms with Crippen LogP contribution in [0.3, 0.4) is 0 Å². The van der Waals surface area contributed by atoms with E-state index in [9.17, 15) is 0 Å². The van der Waals surface area contributed by atoms with Gasteiger partial charge >= 0.3 is 0 Å². The second-order valence-electron chi connectivity index (χ2n) is 5.56. The van der Waals surface area contributed by atoms with Crippen LogP contribution in [0.4, 0.5) is 0 Å². The van der Waals surface area contributed by atoms with Gasteiger partial charge in [-0.15, -0.1) is 0 Å². The topological polar surface area (TPSA) is 39.1 Å². The van der Waals surface area contributed by atoms with E-state index < -0.39 is 0 Å². The molecule has 1 saturated heterocycles. The summed E-state index contributed by atoms with van der Waals surface area (Å²) < 4.78 is 7.89. The minimum Gasteiger partial charge on any atom is -0.373 e. The Kier molecular flexibility index (Phi) is 5.40. The zero-order valence-corrected chi connectivity index (χ0v) is 12.4. The highest BCUT2D eigenvalue weighted by atomic mass is 16.5. The van der Waals surface area contributed by atoms with Crippen molar-refractivity contribution in [1.82, 2.24) is 15.1 Å². The highest BCUT2D eigenvalue weighted by Crippen LogP contribution is 2.21. The highest BCUT2D eigenvalue weighted by Gasteiger charge is 2.22. The van der Waals surface area contributed by atoms with E-state index in [0.29, 0.717) is 18.2 Å². The fourth-order valence-electron chi connectivity index (χ4n) is 2.70. The number of nitrogens with one attached hydrogen (secondary N) is 1. The van der Waals surface area contributed by atoms with Crippen LogP contribution in [0.5, 0.6) is 0 Å². The molecule has 19 heavy (non-hydrogen) atoms. The smallest absolute Gasteiger partial charge is 0.0775 e. The van der Waals surface area contributed by atoms with Gasteiger partial charge in [-0.25, -0.2) is 0 Å².